The van der Waals surface area contributed by atoms with Gasteiger partial charge in [-0.2, -0.15) is 0 Å². The van der Waals surface area contributed by atoms with Gasteiger partial charge in [0.2, 0.25) is 6.29 Å². The van der Waals surface area contributed by atoms with Gasteiger partial charge in [-0.3, -0.25) is 0 Å². The normalized spacial score (nSPS) is 27.0. The van der Waals surface area contributed by atoms with Crippen LogP contribution in [0, 0.1) is 0 Å². The van der Waals surface area contributed by atoms with E-state index < -0.39 is 24.6 Å². The molecule has 128 valence electrons. The maximum absolute atomic E-state index is 9.87. The van der Waals surface area contributed by atoms with Crippen molar-refractivity contribution in [1.29, 1.82) is 0 Å². The van der Waals surface area contributed by atoms with Crippen molar-refractivity contribution in [1.82, 2.24) is 0 Å². The molecule has 1 aliphatic heterocycles. The van der Waals surface area contributed by atoms with Crippen LogP contribution >= 0.6 is 11.6 Å². The molecule has 0 radical (unpaired) electrons. The molecule has 1 heterocycles. The van der Waals surface area contributed by atoms with Crippen molar-refractivity contribution in [3.05, 3.63) is 64.7 Å². The number of halogens is 1. The highest BCUT2D eigenvalue weighted by Crippen LogP contribution is 2.22. The summed E-state index contributed by atoms with van der Waals surface area (Å²) in [5.41, 5.74) is 2.25. The van der Waals surface area contributed by atoms with Gasteiger partial charge >= 0.3 is 0 Å². The minimum Gasteiger partial charge on any atom is -0.462 e. The van der Waals surface area contributed by atoms with E-state index in [2.05, 4.69) is 0 Å². The van der Waals surface area contributed by atoms with E-state index in [0.717, 1.165) is 17.5 Å². The van der Waals surface area contributed by atoms with Gasteiger partial charge in [-0.05, 0) is 41.8 Å². The predicted octanol–water partition coefficient (Wildman–Crippen LogP) is 1.75. The molecule has 0 amide bonds. The van der Waals surface area contributed by atoms with Crippen LogP contribution in [0.1, 0.15) is 11.1 Å². The molecule has 0 aromatic heterocycles. The van der Waals surface area contributed by atoms with Crippen molar-refractivity contribution < 1.29 is 24.8 Å². The maximum Gasteiger partial charge on any atom is 0.228 e. The standard InChI is InChI=1S/C18H19ClO5/c19-13-5-1-11(2-6-13)9-12-3-7-14(8-4-12)24-18-17(22)16(21)15(20)10-23-18/h1-8,15-18,20-22H,9-10H2/t15-,16+,17-,18+/m1/s1. The fourth-order valence-electron chi connectivity index (χ4n) is 2.54. The fraction of sp³-hybridized carbons (Fsp3) is 0.333. The van der Waals surface area contributed by atoms with E-state index in [1.165, 1.54) is 0 Å². The van der Waals surface area contributed by atoms with Gasteiger partial charge in [-0.15, -0.1) is 0 Å². The molecular formula is C18H19ClO5. The van der Waals surface area contributed by atoms with Crippen molar-refractivity contribution >= 4 is 11.6 Å². The van der Waals surface area contributed by atoms with Crippen LogP contribution in [0.5, 0.6) is 5.75 Å². The zero-order valence-electron chi connectivity index (χ0n) is 12.9. The highest BCUT2D eigenvalue weighted by Gasteiger charge is 2.38. The average molecular weight is 351 g/mol. The highest BCUT2D eigenvalue weighted by molar-refractivity contribution is 6.30. The Bertz CT molecular complexity index is 658. The van der Waals surface area contributed by atoms with Crippen LogP contribution in [0.3, 0.4) is 0 Å². The predicted molar refractivity (Wildman–Crippen MR) is 89.1 cm³/mol. The first kappa shape index (κ1) is 17.2. The van der Waals surface area contributed by atoms with Crippen molar-refractivity contribution in [2.45, 2.75) is 31.0 Å². The van der Waals surface area contributed by atoms with Crippen molar-refractivity contribution in [3.63, 3.8) is 0 Å². The van der Waals surface area contributed by atoms with Gasteiger partial charge in [0.15, 0.2) is 0 Å². The lowest BCUT2D eigenvalue weighted by Gasteiger charge is -2.34. The van der Waals surface area contributed by atoms with E-state index in [4.69, 9.17) is 21.1 Å². The molecule has 5 nitrogen and oxygen atoms in total. The highest BCUT2D eigenvalue weighted by atomic mass is 35.5. The molecule has 6 heteroatoms. The second-order valence-electron chi connectivity index (χ2n) is 5.82. The summed E-state index contributed by atoms with van der Waals surface area (Å²) in [6.45, 7) is -0.0858. The van der Waals surface area contributed by atoms with Gasteiger partial charge in [0, 0.05) is 5.02 Å². The first-order valence-corrected chi connectivity index (χ1v) is 8.06. The third-order valence-electron chi connectivity index (χ3n) is 3.95. The summed E-state index contributed by atoms with van der Waals surface area (Å²) in [7, 11) is 0. The average Bonchev–Trinajstić information content (AvgIpc) is 2.59. The van der Waals surface area contributed by atoms with E-state index >= 15 is 0 Å². The minimum atomic E-state index is -1.30. The Labute approximate surface area is 145 Å². The molecule has 0 saturated carbocycles. The lowest BCUT2D eigenvalue weighted by atomic mass is 10.0. The molecule has 4 atom stereocenters. The van der Waals surface area contributed by atoms with Crippen molar-refractivity contribution in [3.8, 4) is 5.75 Å². The van der Waals surface area contributed by atoms with Crippen LogP contribution < -0.4 is 4.74 Å². The summed E-state index contributed by atoms with van der Waals surface area (Å²) in [5, 5.41) is 29.7. The maximum atomic E-state index is 9.87. The molecule has 3 N–H and O–H groups in total. The first-order valence-electron chi connectivity index (χ1n) is 7.69. The monoisotopic (exact) mass is 350 g/mol. The van der Waals surface area contributed by atoms with Gasteiger partial charge in [0.1, 0.15) is 24.1 Å². The Balaban J connectivity index is 1.61. The van der Waals surface area contributed by atoms with Crippen LogP contribution in [0.4, 0.5) is 0 Å². The van der Waals surface area contributed by atoms with Gasteiger partial charge < -0.3 is 24.8 Å². The van der Waals surface area contributed by atoms with E-state index in [1.54, 1.807) is 12.1 Å². The summed E-state index contributed by atoms with van der Waals surface area (Å²) >= 11 is 5.88. The summed E-state index contributed by atoms with van der Waals surface area (Å²) in [6.07, 6.45) is -3.94. The van der Waals surface area contributed by atoms with Crippen molar-refractivity contribution in [2.24, 2.45) is 0 Å². The van der Waals surface area contributed by atoms with E-state index in [-0.39, 0.29) is 6.61 Å². The lowest BCUT2D eigenvalue weighted by Crippen LogP contribution is -2.54. The Hall–Kier alpha value is -1.63. The van der Waals surface area contributed by atoms with Crippen LogP contribution in [0.2, 0.25) is 5.02 Å². The molecule has 3 rings (SSSR count). The number of ether oxygens (including phenoxy) is 2. The van der Waals surface area contributed by atoms with E-state index in [1.807, 2.05) is 36.4 Å². The molecule has 0 spiro atoms. The number of aliphatic hydroxyl groups excluding tert-OH is 3. The topological polar surface area (TPSA) is 79.2 Å². The Morgan fingerprint density at radius 3 is 2.12 bits per heavy atom. The molecule has 24 heavy (non-hydrogen) atoms. The molecule has 0 aliphatic carbocycles. The zero-order chi connectivity index (χ0) is 17.1. The van der Waals surface area contributed by atoms with Gasteiger partial charge in [-0.25, -0.2) is 0 Å². The summed E-state index contributed by atoms with van der Waals surface area (Å²) in [6, 6.07) is 15.1. The Morgan fingerprint density at radius 2 is 1.50 bits per heavy atom. The third-order valence-corrected chi connectivity index (χ3v) is 4.20. The largest absolute Gasteiger partial charge is 0.462 e. The summed E-state index contributed by atoms with van der Waals surface area (Å²) in [4.78, 5) is 0. The number of hydrogen-bond donors (Lipinski definition) is 3. The van der Waals surface area contributed by atoms with Crippen LogP contribution in [-0.4, -0.2) is 46.5 Å². The first-order chi connectivity index (χ1) is 11.5. The van der Waals surface area contributed by atoms with Crippen LogP contribution in [0.15, 0.2) is 48.5 Å². The Kier molecular flexibility index (Phi) is 5.38. The fourth-order valence-corrected chi connectivity index (χ4v) is 2.67. The van der Waals surface area contributed by atoms with E-state index in [9.17, 15) is 15.3 Å². The summed E-state index contributed by atoms with van der Waals surface area (Å²) < 4.78 is 10.8. The smallest absolute Gasteiger partial charge is 0.228 e. The molecule has 1 fully saturated rings. The molecule has 1 saturated heterocycles. The molecular weight excluding hydrogens is 332 g/mol. The van der Waals surface area contributed by atoms with Gasteiger partial charge in [0.05, 0.1) is 6.61 Å². The summed E-state index contributed by atoms with van der Waals surface area (Å²) in [5.74, 6) is 0.516. The minimum absolute atomic E-state index is 0.0858. The number of rotatable bonds is 4. The second kappa shape index (κ2) is 7.51. The quantitative estimate of drug-likeness (QED) is 0.783. The van der Waals surface area contributed by atoms with Crippen LogP contribution in [0.25, 0.3) is 0 Å². The lowest BCUT2D eigenvalue weighted by molar-refractivity contribution is -0.242. The van der Waals surface area contributed by atoms with Crippen molar-refractivity contribution in [2.75, 3.05) is 6.61 Å². The second-order valence-corrected chi connectivity index (χ2v) is 6.25. The molecule has 2 aromatic rings. The van der Waals surface area contributed by atoms with Crippen LogP contribution in [-0.2, 0) is 11.2 Å². The third kappa shape index (κ3) is 4.06. The Morgan fingerprint density at radius 1 is 0.917 bits per heavy atom. The zero-order valence-corrected chi connectivity index (χ0v) is 13.6. The molecule has 0 bridgehead atoms. The number of hydrogen-bond acceptors (Lipinski definition) is 5. The molecule has 1 aliphatic rings. The molecule has 0 unspecified atom stereocenters. The van der Waals surface area contributed by atoms with E-state index in [0.29, 0.717) is 10.8 Å². The molecule has 2 aromatic carbocycles. The van der Waals surface area contributed by atoms with Gasteiger partial charge in [0.25, 0.3) is 0 Å². The number of aliphatic hydroxyl groups is 3. The SMILES string of the molecule is O[C@@H]1[C@@H](O)[C@H](Oc2ccc(Cc3ccc(Cl)cc3)cc2)OC[C@H]1O. The van der Waals surface area contributed by atoms with Gasteiger partial charge in [-0.1, -0.05) is 35.9 Å². The number of benzene rings is 2.